The Kier molecular flexibility index (Phi) is 4.01. The van der Waals surface area contributed by atoms with Crippen LogP contribution in [0.1, 0.15) is 44.3 Å². The topological polar surface area (TPSA) is 46.8 Å². The second-order valence-electron chi connectivity index (χ2n) is 6.15. The van der Waals surface area contributed by atoms with Crippen LogP contribution in [0.2, 0.25) is 0 Å². The molecule has 0 saturated carbocycles. The molecule has 0 radical (unpaired) electrons. The number of likely N-dealkylation sites (tertiary alicyclic amines) is 1. The average molecular weight is 285 g/mol. The molecule has 0 bridgehead atoms. The van der Waals surface area contributed by atoms with E-state index in [9.17, 15) is 0 Å². The van der Waals surface area contributed by atoms with E-state index in [4.69, 9.17) is 0 Å². The van der Waals surface area contributed by atoms with Gasteiger partial charge in [-0.1, -0.05) is 0 Å². The first-order chi connectivity index (χ1) is 10.2. The van der Waals surface area contributed by atoms with Gasteiger partial charge in [0.2, 0.25) is 0 Å². The second kappa shape index (κ2) is 5.93. The van der Waals surface area contributed by atoms with E-state index in [0.717, 1.165) is 23.6 Å². The van der Waals surface area contributed by atoms with Gasteiger partial charge in [0.05, 0.1) is 11.4 Å². The summed E-state index contributed by atoms with van der Waals surface area (Å²) in [5.74, 6) is 0.461. The van der Waals surface area contributed by atoms with Crippen molar-refractivity contribution < 1.29 is 0 Å². The van der Waals surface area contributed by atoms with Crippen LogP contribution in [-0.4, -0.2) is 44.8 Å². The maximum absolute atomic E-state index is 4.66. The molecule has 0 aromatic carbocycles. The molecule has 3 heterocycles. The van der Waals surface area contributed by atoms with Gasteiger partial charge in [-0.3, -0.25) is 14.6 Å². The highest BCUT2D eigenvalue weighted by atomic mass is 15.3. The van der Waals surface area contributed by atoms with Gasteiger partial charge in [-0.05, 0) is 46.3 Å². The van der Waals surface area contributed by atoms with Crippen molar-refractivity contribution in [3.63, 3.8) is 0 Å². The molecule has 5 nitrogen and oxygen atoms in total. The molecule has 112 valence electrons. The smallest absolute Gasteiger partial charge is 0.110 e. The monoisotopic (exact) mass is 285 g/mol. The second-order valence-corrected chi connectivity index (χ2v) is 6.15. The van der Waals surface area contributed by atoms with Crippen molar-refractivity contribution in [1.82, 2.24) is 24.6 Å². The normalized spacial score (nSPS) is 20.1. The molecular weight excluding hydrogens is 262 g/mol. The third-order valence-electron chi connectivity index (χ3n) is 4.14. The van der Waals surface area contributed by atoms with Crippen molar-refractivity contribution in [3.05, 3.63) is 30.4 Å². The third-order valence-corrected chi connectivity index (χ3v) is 4.14. The number of piperidine rings is 1. The fourth-order valence-corrected chi connectivity index (χ4v) is 3.15. The van der Waals surface area contributed by atoms with Crippen LogP contribution >= 0.6 is 0 Å². The lowest BCUT2D eigenvalue weighted by atomic mass is 9.93. The molecule has 0 aliphatic carbocycles. The van der Waals surface area contributed by atoms with Crippen molar-refractivity contribution in [2.75, 3.05) is 20.1 Å². The summed E-state index contributed by atoms with van der Waals surface area (Å²) in [4.78, 5) is 11.7. The van der Waals surface area contributed by atoms with Crippen molar-refractivity contribution in [2.24, 2.45) is 0 Å². The molecule has 2 aromatic heterocycles. The summed E-state index contributed by atoms with van der Waals surface area (Å²) in [6.07, 6.45) is 7.85. The number of hydrogen-bond acceptors (Lipinski definition) is 4. The van der Waals surface area contributed by atoms with Crippen LogP contribution in [0.25, 0.3) is 11.4 Å². The van der Waals surface area contributed by atoms with Gasteiger partial charge in [0.1, 0.15) is 5.69 Å². The Morgan fingerprint density at radius 2 is 2.00 bits per heavy atom. The van der Waals surface area contributed by atoms with Gasteiger partial charge in [0.15, 0.2) is 0 Å². The SMILES string of the molecule is CC(C)n1nccc1-c1nccnc1C1CCCN(C)C1. The Bertz CT molecular complexity index is 604. The van der Waals surface area contributed by atoms with Crippen molar-refractivity contribution in [1.29, 1.82) is 0 Å². The Morgan fingerprint density at radius 3 is 2.76 bits per heavy atom. The Labute approximate surface area is 126 Å². The quantitative estimate of drug-likeness (QED) is 0.870. The van der Waals surface area contributed by atoms with E-state index < -0.39 is 0 Å². The van der Waals surface area contributed by atoms with Crippen LogP contribution in [0, 0.1) is 0 Å². The minimum Gasteiger partial charge on any atom is -0.306 e. The fourth-order valence-electron chi connectivity index (χ4n) is 3.15. The van der Waals surface area contributed by atoms with Gasteiger partial charge in [-0.25, -0.2) is 0 Å². The summed E-state index contributed by atoms with van der Waals surface area (Å²) in [5, 5.41) is 4.43. The Hall–Kier alpha value is -1.75. The predicted molar refractivity (Wildman–Crippen MR) is 83.1 cm³/mol. The number of likely N-dealkylation sites (N-methyl/N-ethyl adjacent to an activating group) is 1. The molecule has 5 heteroatoms. The summed E-state index contributed by atoms with van der Waals surface area (Å²) in [5.41, 5.74) is 3.18. The lowest BCUT2D eigenvalue weighted by molar-refractivity contribution is 0.248. The van der Waals surface area contributed by atoms with Crippen LogP contribution in [-0.2, 0) is 0 Å². The largest absolute Gasteiger partial charge is 0.306 e. The molecule has 3 rings (SSSR count). The average Bonchev–Trinajstić information content (AvgIpc) is 2.97. The van der Waals surface area contributed by atoms with Crippen molar-refractivity contribution in [3.8, 4) is 11.4 Å². The summed E-state index contributed by atoms with van der Waals surface area (Å²) in [7, 11) is 2.18. The van der Waals surface area contributed by atoms with Gasteiger partial charge < -0.3 is 4.90 Å². The van der Waals surface area contributed by atoms with E-state index in [-0.39, 0.29) is 0 Å². The van der Waals surface area contributed by atoms with E-state index in [1.165, 1.54) is 19.4 Å². The maximum atomic E-state index is 4.66. The number of rotatable bonds is 3. The lowest BCUT2D eigenvalue weighted by Gasteiger charge is -2.30. The minimum atomic E-state index is 0.318. The van der Waals surface area contributed by atoms with Crippen LogP contribution < -0.4 is 0 Å². The van der Waals surface area contributed by atoms with E-state index in [2.05, 4.69) is 40.9 Å². The summed E-state index contributed by atoms with van der Waals surface area (Å²) < 4.78 is 2.03. The highest BCUT2D eigenvalue weighted by Gasteiger charge is 2.25. The van der Waals surface area contributed by atoms with Crippen molar-refractivity contribution >= 4 is 0 Å². The first kappa shape index (κ1) is 14.2. The zero-order valence-corrected chi connectivity index (χ0v) is 13.0. The molecule has 1 atom stereocenters. The third kappa shape index (κ3) is 2.83. The molecule has 0 amide bonds. The molecule has 1 fully saturated rings. The van der Waals surface area contributed by atoms with Crippen molar-refractivity contribution in [2.45, 2.75) is 38.6 Å². The zero-order valence-electron chi connectivity index (χ0n) is 13.0. The van der Waals surface area contributed by atoms with E-state index >= 15 is 0 Å². The van der Waals surface area contributed by atoms with Gasteiger partial charge in [-0.15, -0.1) is 0 Å². The van der Waals surface area contributed by atoms with Crippen LogP contribution in [0.5, 0.6) is 0 Å². The molecular formula is C16H23N5. The van der Waals surface area contributed by atoms with Crippen LogP contribution in [0.3, 0.4) is 0 Å². The number of aromatic nitrogens is 4. The predicted octanol–water partition coefficient (Wildman–Crippen LogP) is 2.73. The highest BCUT2D eigenvalue weighted by molar-refractivity contribution is 5.58. The summed E-state index contributed by atoms with van der Waals surface area (Å²) >= 11 is 0. The summed E-state index contributed by atoms with van der Waals surface area (Å²) in [6, 6.07) is 2.36. The molecule has 2 aromatic rings. The molecule has 0 N–H and O–H groups in total. The molecule has 21 heavy (non-hydrogen) atoms. The fraction of sp³-hybridized carbons (Fsp3) is 0.562. The van der Waals surface area contributed by atoms with E-state index in [1.807, 2.05) is 23.1 Å². The number of nitrogens with zero attached hydrogens (tertiary/aromatic N) is 5. The molecule has 1 aliphatic rings. The first-order valence-electron chi connectivity index (χ1n) is 7.70. The molecule has 1 aliphatic heterocycles. The van der Waals surface area contributed by atoms with Gasteiger partial charge in [0, 0.05) is 37.1 Å². The van der Waals surface area contributed by atoms with Crippen LogP contribution in [0.4, 0.5) is 0 Å². The zero-order chi connectivity index (χ0) is 14.8. The molecule has 1 saturated heterocycles. The lowest BCUT2D eigenvalue weighted by Crippen LogP contribution is -2.31. The first-order valence-corrected chi connectivity index (χ1v) is 7.70. The minimum absolute atomic E-state index is 0.318. The Balaban J connectivity index is 2.01. The van der Waals surface area contributed by atoms with Crippen LogP contribution in [0.15, 0.2) is 24.7 Å². The van der Waals surface area contributed by atoms with Gasteiger partial charge in [0.25, 0.3) is 0 Å². The van der Waals surface area contributed by atoms with E-state index in [0.29, 0.717) is 12.0 Å². The molecule has 0 spiro atoms. The number of hydrogen-bond donors (Lipinski definition) is 0. The molecule has 1 unspecified atom stereocenters. The Morgan fingerprint density at radius 1 is 1.19 bits per heavy atom. The standard InChI is InChI=1S/C16H23N5/c1-12(2)21-14(6-7-19-21)16-15(17-8-9-18-16)13-5-4-10-20(3)11-13/h6-9,12-13H,4-5,10-11H2,1-3H3. The van der Waals surface area contributed by atoms with Gasteiger partial charge in [-0.2, -0.15) is 5.10 Å². The van der Waals surface area contributed by atoms with Gasteiger partial charge >= 0.3 is 0 Å². The van der Waals surface area contributed by atoms with E-state index in [1.54, 1.807) is 6.20 Å². The highest BCUT2D eigenvalue weighted by Crippen LogP contribution is 2.31. The summed E-state index contributed by atoms with van der Waals surface area (Å²) in [6.45, 7) is 6.51. The maximum Gasteiger partial charge on any atom is 0.110 e.